The van der Waals surface area contributed by atoms with E-state index < -0.39 is 0 Å². The van der Waals surface area contributed by atoms with Gasteiger partial charge in [-0.1, -0.05) is 48.6 Å². The molecule has 0 rings (SSSR count). The van der Waals surface area contributed by atoms with Crippen LogP contribution in [-0.2, 0) is 0 Å². The third-order valence-corrected chi connectivity index (χ3v) is 6.21. The van der Waals surface area contributed by atoms with Crippen LogP contribution in [0.1, 0.15) is 39.5 Å². The van der Waals surface area contributed by atoms with Crippen LogP contribution in [0.5, 0.6) is 0 Å². The summed E-state index contributed by atoms with van der Waals surface area (Å²) in [4.78, 5) is 0. The molecule has 0 fully saturated rings. The van der Waals surface area contributed by atoms with Gasteiger partial charge < -0.3 is 0 Å². The van der Waals surface area contributed by atoms with Crippen LogP contribution in [0.3, 0.4) is 0 Å². The molecule has 0 amide bonds. The smallest absolute Gasteiger partial charge is 0.103 e. The Morgan fingerprint density at radius 1 is 1.08 bits per heavy atom. The van der Waals surface area contributed by atoms with E-state index in [1.165, 1.54) is 36.2 Å². The van der Waals surface area contributed by atoms with Crippen LogP contribution in [0.15, 0.2) is 12.7 Å². The largest absolute Gasteiger partial charge is 0.261 e. The molecule has 0 spiro atoms. The van der Waals surface area contributed by atoms with Gasteiger partial charge in [-0.25, -0.2) is 0 Å². The Hall–Kier alpha value is 0.272. The Morgan fingerprint density at radius 2 is 1.75 bits per heavy atom. The first kappa shape index (κ1) is 12.3. The molecule has 0 saturated carbocycles. The predicted octanol–water partition coefficient (Wildman–Crippen LogP) is 4.27. The topological polar surface area (TPSA) is 0 Å². The molecule has 12 heavy (non-hydrogen) atoms. The average Bonchev–Trinajstić information content (AvgIpc) is 2.11. The van der Waals surface area contributed by atoms with E-state index in [1.54, 1.807) is 5.28 Å². The van der Waals surface area contributed by atoms with E-state index in [2.05, 4.69) is 20.4 Å². The summed E-state index contributed by atoms with van der Waals surface area (Å²) in [6.07, 6.45) is 7.51. The maximum Gasteiger partial charge on any atom is 0.261 e. The van der Waals surface area contributed by atoms with Gasteiger partial charge in [-0.3, -0.25) is 0 Å². The molecule has 70 valence electrons. The van der Waals surface area contributed by atoms with Crippen LogP contribution >= 0.6 is 0 Å². The number of allylic oxidation sites excluding steroid dienone is 1. The minimum absolute atomic E-state index is 0.269. The van der Waals surface area contributed by atoms with Gasteiger partial charge in [0.2, 0.25) is 0 Å². The van der Waals surface area contributed by atoms with E-state index in [0.717, 1.165) is 0 Å². The van der Waals surface area contributed by atoms with Crippen LogP contribution in [0.25, 0.3) is 0 Å². The van der Waals surface area contributed by atoms with Gasteiger partial charge >= 0.3 is 0 Å². The van der Waals surface area contributed by atoms with E-state index in [0.29, 0.717) is 0 Å². The van der Waals surface area contributed by atoms with Crippen LogP contribution in [0.4, 0.5) is 0 Å². The molecule has 0 aliphatic heterocycles. The molecule has 0 heterocycles. The first-order valence-electron chi connectivity index (χ1n) is 5.46. The second-order valence-electron chi connectivity index (χ2n) is 3.61. The van der Waals surface area contributed by atoms with Gasteiger partial charge in [-0.2, -0.15) is 0 Å². The Kier molecular flexibility index (Phi) is 9.57. The zero-order valence-corrected chi connectivity index (χ0v) is 9.97. The molecule has 0 N–H and O–H groups in total. The summed E-state index contributed by atoms with van der Waals surface area (Å²) >= 11 is -0.269. The lowest BCUT2D eigenvalue weighted by atomic mass is 10.2. The molecule has 0 aromatic carbocycles. The molecule has 0 saturated heterocycles. The van der Waals surface area contributed by atoms with Crippen molar-refractivity contribution in [3.8, 4) is 0 Å². The zero-order valence-electron chi connectivity index (χ0n) is 8.81. The van der Waals surface area contributed by atoms with Crippen molar-refractivity contribution in [3.63, 3.8) is 0 Å². The number of hydrogen-bond donors (Lipinski definition) is 0. The van der Waals surface area contributed by atoms with Crippen molar-refractivity contribution in [3.05, 3.63) is 12.7 Å². The van der Waals surface area contributed by atoms with Gasteiger partial charge in [0.15, 0.2) is 0 Å². The van der Waals surface area contributed by atoms with Crippen LogP contribution in [0.2, 0.25) is 15.8 Å². The third-order valence-electron chi connectivity index (χ3n) is 2.68. The molecule has 0 aromatic heterocycles. The second kappa shape index (κ2) is 9.36. The molecule has 0 aromatic rings. The Balaban J connectivity index is 3.11. The summed E-state index contributed by atoms with van der Waals surface area (Å²) in [5, 5.41) is 4.57. The lowest BCUT2D eigenvalue weighted by molar-refractivity contribution is 0.724. The highest BCUT2D eigenvalue weighted by Gasteiger charge is 2.09. The zero-order chi connectivity index (χ0) is 9.23. The molecule has 0 bridgehead atoms. The summed E-state index contributed by atoms with van der Waals surface area (Å²) in [5.41, 5.74) is 0. The average molecular weight is 182 g/mol. The maximum absolute atomic E-state index is 3.73. The fourth-order valence-corrected chi connectivity index (χ4v) is 3.86. The van der Waals surface area contributed by atoms with Gasteiger partial charge in [-0.15, -0.1) is 6.58 Å². The van der Waals surface area contributed by atoms with E-state index in [-0.39, 0.29) is 14.1 Å². The van der Waals surface area contributed by atoms with Gasteiger partial charge in [0, 0.05) is 0 Å². The molecule has 0 radical (unpaired) electrons. The Bertz CT molecular complexity index is 95.2. The minimum Gasteiger partial charge on any atom is -0.103 e. The number of rotatable bonds is 8. The van der Waals surface area contributed by atoms with Gasteiger partial charge in [-0.05, 0) is 12.8 Å². The summed E-state index contributed by atoms with van der Waals surface area (Å²) in [6, 6.07) is 0. The van der Waals surface area contributed by atoms with E-state index in [1.807, 2.05) is 6.08 Å². The van der Waals surface area contributed by atoms with Crippen molar-refractivity contribution in [2.75, 3.05) is 0 Å². The van der Waals surface area contributed by atoms with Crippen molar-refractivity contribution in [2.24, 2.45) is 0 Å². The van der Waals surface area contributed by atoms with Gasteiger partial charge in [0.1, 0.15) is 0 Å². The Morgan fingerprint density at radius 3 is 2.25 bits per heavy atom. The summed E-state index contributed by atoms with van der Waals surface area (Å²) in [7, 11) is 0. The Labute approximate surface area is 82.4 Å². The molecular formula is C11H23Al. The third kappa shape index (κ3) is 6.95. The highest BCUT2D eigenvalue weighted by Crippen LogP contribution is 2.11. The molecule has 0 aliphatic rings. The first-order chi connectivity index (χ1) is 5.85. The van der Waals surface area contributed by atoms with Gasteiger partial charge in [0.25, 0.3) is 14.1 Å². The highest BCUT2D eigenvalue weighted by atomic mass is 27.2. The molecule has 0 nitrogen and oxygen atoms in total. The fraction of sp³-hybridized carbons (Fsp3) is 0.818. The molecular weight excluding hydrogens is 159 g/mol. The van der Waals surface area contributed by atoms with E-state index in [4.69, 9.17) is 0 Å². The number of hydrogen-bond acceptors (Lipinski definition) is 0. The molecule has 0 atom stereocenters. The van der Waals surface area contributed by atoms with E-state index in [9.17, 15) is 0 Å². The summed E-state index contributed by atoms with van der Waals surface area (Å²) in [6.45, 7) is 8.46. The lowest BCUT2D eigenvalue weighted by Gasteiger charge is -2.04. The molecule has 1 heteroatoms. The quantitative estimate of drug-likeness (QED) is 0.299. The maximum atomic E-state index is 3.73. The van der Waals surface area contributed by atoms with Crippen LogP contribution < -0.4 is 0 Å². The monoisotopic (exact) mass is 182 g/mol. The van der Waals surface area contributed by atoms with Crippen molar-refractivity contribution in [2.45, 2.75) is 55.4 Å². The van der Waals surface area contributed by atoms with Crippen molar-refractivity contribution < 1.29 is 0 Å². The van der Waals surface area contributed by atoms with Crippen LogP contribution in [-0.4, -0.2) is 14.1 Å². The van der Waals surface area contributed by atoms with Gasteiger partial charge in [0.05, 0.1) is 0 Å². The minimum atomic E-state index is -0.269. The standard InChI is InChI=1S/C7H13.2C2H5.Al/c1-3-5-7-6-4-2;2*1-2;/h3H,1-2,4-7H2;2*1H2,2H3;. The predicted molar refractivity (Wildman–Crippen MR) is 60.2 cm³/mol. The lowest BCUT2D eigenvalue weighted by Crippen LogP contribution is -2.07. The van der Waals surface area contributed by atoms with Crippen LogP contribution in [0, 0.1) is 0 Å². The summed E-state index contributed by atoms with van der Waals surface area (Å²) in [5.74, 6) is 0. The van der Waals surface area contributed by atoms with Crippen molar-refractivity contribution in [1.29, 1.82) is 0 Å². The van der Waals surface area contributed by atoms with Crippen molar-refractivity contribution in [1.82, 2.24) is 0 Å². The molecule has 0 unspecified atom stereocenters. The van der Waals surface area contributed by atoms with Crippen molar-refractivity contribution >= 4 is 14.1 Å². The second-order valence-corrected chi connectivity index (χ2v) is 7.55. The number of unbranched alkanes of at least 4 members (excludes halogenated alkanes) is 3. The van der Waals surface area contributed by atoms with E-state index >= 15 is 0 Å². The molecule has 0 aliphatic carbocycles. The first-order valence-corrected chi connectivity index (χ1v) is 7.90. The summed E-state index contributed by atoms with van der Waals surface area (Å²) < 4.78 is 0. The SMILES string of the molecule is C=CCCCC[CH2][Al]([CH2]C)[CH2]C. The fourth-order valence-electron chi connectivity index (χ4n) is 1.60. The highest BCUT2D eigenvalue weighted by molar-refractivity contribution is 6.58. The normalized spacial score (nSPS) is 9.83.